The van der Waals surface area contributed by atoms with Crippen LogP contribution in [0.3, 0.4) is 0 Å². The number of nitrogens with one attached hydrogen (secondary N) is 1. The predicted molar refractivity (Wildman–Crippen MR) is 110 cm³/mol. The van der Waals surface area contributed by atoms with Gasteiger partial charge in [-0.1, -0.05) is 36.4 Å². The van der Waals surface area contributed by atoms with Crippen LogP contribution in [0.2, 0.25) is 0 Å². The van der Waals surface area contributed by atoms with E-state index < -0.39 is 12.3 Å². The number of fused-ring (bicyclic) bond motifs is 1. The number of carbonyl (C=O) groups is 1. The third kappa shape index (κ3) is 3.75. The van der Waals surface area contributed by atoms with Crippen LogP contribution in [-0.2, 0) is 0 Å². The first-order valence-electron chi connectivity index (χ1n) is 8.74. The minimum atomic E-state index is -2.77. The molecular formula is C21H15BrF2N4O. The molecule has 0 atom stereocenters. The van der Waals surface area contributed by atoms with E-state index in [9.17, 15) is 13.6 Å². The fraction of sp³-hybridized carbons (Fsp3) is 0.0952. The largest absolute Gasteiger partial charge is 0.321 e. The summed E-state index contributed by atoms with van der Waals surface area (Å²) in [6, 6.07) is 15.7. The van der Waals surface area contributed by atoms with Crippen LogP contribution < -0.4 is 5.32 Å². The zero-order valence-electron chi connectivity index (χ0n) is 15.2. The van der Waals surface area contributed by atoms with E-state index in [0.717, 1.165) is 10.1 Å². The molecule has 5 nitrogen and oxygen atoms in total. The lowest BCUT2D eigenvalue weighted by atomic mass is 10.1. The third-order valence-corrected chi connectivity index (χ3v) is 5.07. The molecule has 0 aliphatic rings. The number of hydrogen-bond donors (Lipinski definition) is 1. The standard InChI is InChI=1S/C21H15BrF2N4O/c1-12-7-8-16(15(22)9-12)27-21(29)14-11-25-28-18(19(23)24)10-17(26-20(14)28)13-5-3-2-4-6-13/h2-11,19H,1H3,(H,27,29). The number of carbonyl (C=O) groups excluding carboxylic acids is 1. The van der Waals surface area contributed by atoms with Gasteiger partial charge in [-0.3, -0.25) is 4.79 Å². The van der Waals surface area contributed by atoms with Crippen molar-refractivity contribution in [3.63, 3.8) is 0 Å². The van der Waals surface area contributed by atoms with Crippen LogP contribution in [0.15, 0.2) is 65.3 Å². The summed E-state index contributed by atoms with van der Waals surface area (Å²) in [4.78, 5) is 17.3. The van der Waals surface area contributed by atoms with Crippen molar-refractivity contribution in [2.24, 2.45) is 0 Å². The van der Waals surface area contributed by atoms with Gasteiger partial charge in [0.2, 0.25) is 0 Å². The van der Waals surface area contributed by atoms with Crippen molar-refractivity contribution in [3.05, 3.63) is 82.1 Å². The fourth-order valence-electron chi connectivity index (χ4n) is 2.97. The zero-order valence-corrected chi connectivity index (χ0v) is 16.8. The molecule has 2 aromatic heterocycles. The average molecular weight is 457 g/mol. The lowest BCUT2D eigenvalue weighted by Gasteiger charge is -2.09. The molecule has 4 aromatic rings. The number of rotatable bonds is 4. The summed E-state index contributed by atoms with van der Waals surface area (Å²) < 4.78 is 29.0. The van der Waals surface area contributed by atoms with Gasteiger partial charge in [0.15, 0.2) is 5.65 Å². The second kappa shape index (κ2) is 7.71. The fourth-order valence-corrected chi connectivity index (χ4v) is 3.56. The summed E-state index contributed by atoms with van der Waals surface area (Å²) in [6.07, 6.45) is -1.52. The van der Waals surface area contributed by atoms with Crippen molar-refractivity contribution in [2.75, 3.05) is 5.32 Å². The number of anilines is 1. The van der Waals surface area contributed by atoms with Crippen molar-refractivity contribution in [1.29, 1.82) is 0 Å². The first kappa shape index (κ1) is 19.2. The highest BCUT2D eigenvalue weighted by atomic mass is 79.9. The summed E-state index contributed by atoms with van der Waals surface area (Å²) in [7, 11) is 0. The number of aromatic nitrogens is 3. The number of halogens is 3. The highest BCUT2D eigenvalue weighted by Crippen LogP contribution is 2.28. The topological polar surface area (TPSA) is 59.3 Å². The SMILES string of the molecule is Cc1ccc(NC(=O)c2cnn3c(C(F)F)cc(-c4ccccc4)nc23)c(Br)c1. The van der Waals surface area contributed by atoms with Crippen molar-refractivity contribution < 1.29 is 13.6 Å². The van der Waals surface area contributed by atoms with Gasteiger partial charge in [0.05, 0.1) is 17.6 Å². The van der Waals surface area contributed by atoms with Crippen LogP contribution in [0.25, 0.3) is 16.9 Å². The van der Waals surface area contributed by atoms with E-state index in [1.807, 2.05) is 25.1 Å². The van der Waals surface area contributed by atoms with Crippen LogP contribution in [0.4, 0.5) is 14.5 Å². The van der Waals surface area contributed by atoms with Gasteiger partial charge in [-0.05, 0) is 46.6 Å². The predicted octanol–water partition coefficient (Wildman–Crippen LogP) is 5.66. The Labute approximate surface area is 173 Å². The molecule has 0 aliphatic carbocycles. The van der Waals surface area contributed by atoms with Gasteiger partial charge in [-0.15, -0.1) is 0 Å². The number of benzene rings is 2. The third-order valence-electron chi connectivity index (χ3n) is 4.41. The van der Waals surface area contributed by atoms with Crippen LogP contribution in [0.5, 0.6) is 0 Å². The minimum absolute atomic E-state index is 0.0717. The van der Waals surface area contributed by atoms with Crippen molar-refractivity contribution in [2.45, 2.75) is 13.3 Å². The maximum absolute atomic E-state index is 13.6. The number of nitrogens with zero attached hydrogens (tertiary/aromatic N) is 3. The molecular weight excluding hydrogens is 442 g/mol. The van der Waals surface area contributed by atoms with Gasteiger partial charge in [0, 0.05) is 10.0 Å². The first-order chi connectivity index (χ1) is 13.9. The quantitative estimate of drug-likeness (QED) is 0.431. The smallest absolute Gasteiger partial charge is 0.280 e. The molecule has 4 rings (SSSR count). The van der Waals surface area contributed by atoms with Gasteiger partial charge in [0.25, 0.3) is 12.3 Å². The summed E-state index contributed by atoms with van der Waals surface area (Å²) in [5.41, 5.74) is 2.46. The summed E-state index contributed by atoms with van der Waals surface area (Å²) in [5.74, 6) is -0.484. The molecule has 0 saturated heterocycles. The highest BCUT2D eigenvalue weighted by Gasteiger charge is 2.22. The maximum atomic E-state index is 13.6. The van der Waals surface area contributed by atoms with Crippen LogP contribution in [0, 0.1) is 6.92 Å². The number of hydrogen-bond acceptors (Lipinski definition) is 3. The highest BCUT2D eigenvalue weighted by molar-refractivity contribution is 9.10. The number of aryl methyl sites for hydroxylation is 1. The lowest BCUT2D eigenvalue weighted by molar-refractivity contribution is 0.102. The normalized spacial score (nSPS) is 11.2. The Morgan fingerprint density at radius 2 is 1.90 bits per heavy atom. The Bertz CT molecular complexity index is 1210. The van der Waals surface area contributed by atoms with E-state index in [1.54, 1.807) is 30.3 Å². The Morgan fingerprint density at radius 3 is 2.59 bits per heavy atom. The maximum Gasteiger partial charge on any atom is 0.280 e. The van der Waals surface area contributed by atoms with Crippen molar-refractivity contribution in [1.82, 2.24) is 14.6 Å². The van der Waals surface area contributed by atoms with E-state index in [-0.39, 0.29) is 16.9 Å². The van der Waals surface area contributed by atoms with E-state index >= 15 is 0 Å². The van der Waals surface area contributed by atoms with Crippen LogP contribution in [0.1, 0.15) is 28.0 Å². The number of amides is 1. The molecule has 146 valence electrons. The molecule has 2 aromatic carbocycles. The second-order valence-electron chi connectivity index (χ2n) is 6.46. The molecule has 29 heavy (non-hydrogen) atoms. The summed E-state index contributed by atoms with van der Waals surface area (Å²) in [5, 5.41) is 6.75. The van der Waals surface area contributed by atoms with Gasteiger partial charge in [-0.25, -0.2) is 18.3 Å². The molecule has 1 amide bonds. The van der Waals surface area contributed by atoms with Crippen LogP contribution >= 0.6 is 15.9 Å². The van der Waals surface area contributed by atoms with E-state index in [1.165, 1.54) is 12.3 Å². The Hall–Kier alpha value is -3.13. The summed E-state index contributed by atoms with van der Waals surface area (Å²) >= 11 is 3.41. The van der Waals surface area contributed by atoms with Crippen molar-refractivity contribution >= 4 is 33.2 Å². The van der Waals surface area contributed by atoms with Crippen molar-refractivity contribution in [3.8, 4) is 11.3 Å². The zero-order chi connectivity index (χ0) is 20.5. The Balaban J connectivity index is 1.80. The van der Waals surface area contributed by atoms with E-state index in [2.05, 4.69) is 31.3 Å². The monoisotopic (exact) mass is 456 g/mol. The molecule has 0 fully saturated rings. The van der Waals surface area contributed by atoms with Crippen LogP contribution in [-0.4, -0.2) is 20.5 Å². The molecule has 1 N–H and O–H groups in total. The van der Waals surface area contributed by atoms with Gasteiger partial charge < -0.3 is 5.32 Å². The molecule has 8 heteroatoms. The Morgan fingerprint density at radius 1 is 1.14 bits per heavy atom. The minimum Gasteiger partial charge on any atom is -0.321 e. The van der Waals surface area contributed by atoms with Gasteiger partial charge in [-0.2, -0.15) is 5.10 Å². The molecule has 0 bridgehead atoms. The first-order valence-corrected chi connectivity index (χ1v) is 9.53. The Kier molecular flexibility index (Phi) is 5.10. The molecule has 2 heterocycles. The van der Waals surface area contributed by atoms with E-state index in [0.29, 0.717) is 21.4 Å². The average Bonchev–Trinajstić information content (AvgIpc) is 3.14. The second-order valence-corrected chi connectivity index (χ2v) is 7.32. The number of alkyl halides is 2. The molecule has 0 radical (unpaired) electrons. The van der Waals surface area contributed by atoms with Gasteiger partial charge in [0.1, 0.15) is 11.3 Å². The van der Waals surface area contributed by atoms with Gasteiger partial charge >= 0.3 is 0 Å². The lowest BCUT2D eigenvalue weighted by Crippen LogP contribution is -2.13. The van der Waals surface area contributed by atoms with E-state index in [4.69, 9.17) is 0 Å². The molecule has 0 aliphatic heterocycles. The molecule has 0 unspecified atom stereocenters. The molecule has 0 saturated carbocycles. The molecule has 0 spiro atoms. The summed E-state index contributed by atoms with van der Waals surface area (Å²) in [6.45, 7) is 1.93.